The Balaban J connectivity index is 1.30. The molecule has 0 atom stereocenters. The van der Waals surface area contributed by atoms with Gasteiger partial charge in [-0.3, -0.25) is 0 Å². The number of fused-ring (bicyclic) bond motifs is 10. The molecule has 0 N–H and O–H groups in total. The molecule has 2 aliphatic carbocycles. The summed E-state index contributed by atoms with van der Waals surface area (Å²) in [6.45, 7) is 9.15. The summed E-state index contributed by atoms with van der Waals surface area (Å²) >= 11 is 10.3. The van der Waals surface area contributed by atoms with Gasteiger partial charge < -0.3 is 0 Å². The number of unbranched alkanes of at least 4 members (excludes halogenated alkanes) is 36. The molecule has 0 spiro atoms. The van der Waals surface area contributed by atoms with Crippen molar-refractivity contribution in [1.29, 1.82) is 0 Å². The SMILES string of the molecule is CCCCCCCCCCCCC1(CCCCCCCCCCCC)c2cc(Br)c3nsnc3c2-c2c(F)c3c(c(F)c21)-c1c(cc(Br)c2nsnc12)C3(CCCCCCCCCCCC)CCCCCCCCCCCC. The van der Waals surface area contributed by atoms with E-state index < -0.39 is 10.8 Å². The molecule has 2 aliphatic rings. The Morgan fingerprint density at radius 2 is 0.538 bits per heavy atom. The maximum absolute atomic E-state index is 19.7. The van der Waals surface area contributed by atoms with Gasteiger partial charge in [0, 0.05) is 53.2 Å². The van der Waals surface area contributed by atoms with E-state index in [9.17, 15) is 0 Å². The van der Waals surface area contributed by atoms with Crippen molar-refractivity contribution < 1.29 is 8.78 Å². The Hall–Kier alpha value is -1.88. The van der Waals surface area contributed by atoms with Gasteiger partial charge >= 0.3 is 0 Å². The highest BCUT2D eigenvalue weighted by molar-refractivity contribution is 9.11. The quantitative estimate of drug-likeness (QED) is 0.0365. The normalized spacial score (nSPS) is 14.1. The number of hydrogen-bond acceptors (Lipinski definition) is 6. The van der Waals surface area contributed by atoms with E-state index in [1.54, 1.807) is 0 Å². The second-order valence-electron chi connectivity index (χ2n) is 24.5. The summed E-state index contributed by atoms with van der Waals surface area (Å²) in [5, 5.41) is 0. The van der Waals surface area contributed by atoms with Gasteiger partial charge in [0.25, 0.3) is 0 Å². The highest BCUT2D eigenvalue weighted by Gasteiger charge is 2.54. The average Bonchev–Trinajstić information content (AvgIpc) is 4.37. The first-order valence-corrected chi connectivity index (χ1v) is 35.8. The monoisotopic (exact) mass is 1230 g/mol. The van der Waals surface area contributed by atoms with Crippen LogP contribution < -0.4 is 0 Å². The molecule has 0 unspecified atom stereocenters. The molecule has 434 valence electrons. The third-order valence-corrected chi connectivity index (χ3v) is 20.9. The average molecular weight is 1240 g/mol. The van der Waals surface area contributed by atoms with Gasteiger partial charge in [0.2, 0.25) is 0 Å². The van der Waals surface area contributed by atoms with E-state index in [0.29, 0.717) is 22.3 Å². The minimum atomic E-state index is -0.710. The molecule has 4 nitrogen and oxygen atoms in total. The molecule has 0 aliphatic heterocycles. The molecule has 0 amide bonds. The first kappa shape index (κ1) is 63.7. The summed E-state index contributed by atoms with van der Waals surface area (Å²) in [6, 6.07) is 4.45. The van der Waals surface area contributed by atoms with Crippen LogP contribution in [0.2, 0.25) is 0 Å². The highest BCUT2D eigenvalue weighted by atomic mass is 79.9. The van der Waals surface area contributed by atoms with Gasteiger partial charge in [-0.2, -0.15) is 17.5 Å². The standard InChI is InChI=1S/C68H102Br2F2N4S2/c1-5-9-13-17-21-25-29-33-37-41-45-67(46-42-38-34-30-26-22-18-14-10-6-2)51-49-53(69)63-65(75-77-73-63)55(51)57-59(67)61(71)58-56-52(50-54(70)64-66(56)76-78-74-64)68(60(58)62(57)72,47-43-39-35-31-27-23-19-15-11-7-3)48-44-40-36-32-28-24-20-16-12-8-4/h49-50H,5-48H2,1-4H3. The minimum absolute atomic E-state index is 0.213. The summed E-state index contributed by atoms with van der Waals surface area (Å²) in [4.78, 5) is 0. The van der Waals surface area contributed by atoms with Crippen molar-refractivity contribution in [3.8, 4) is 22.3 Å². The lowest BCUT2D eigenvalue weighted by atomic mass is 9.68. The zero-order chi connectivity index (χ0) is 55.0. The maximum Gasteiger partial charge on any atom is 0.136 e. The van der Waals surface area contributed by atoms with Gasteiger partial charge in [0.05, 0.1) is 23.5 Å². The Labute approximate surface area is 498 Å². The molecule has 0 saturated carbocycles. The summed E-state index contributed by atoms with van der Waals surface area (Å²) in [5.74, 6) is -0.426. The van der Waals surface area contributed by atoms with E-state index >= 15 is 8.78 Å². The third-order valence-electron chi connectivity index (χ3n) is 18.7. The molecule has 7 rings (SSSR count). The van der Waals surface area contributed by atoms with E-state index in [0.717, 1.165) is 130 Å². The van der Waals surface area contributed by atoms with Crippen LogP contribution in [0.4, 0.5) is 8.78 Å². The van der Waals surface area contributed by atoms with E-state index in [4.69, 9.17) is 17.5 Å². The second kappa shape index (κ2) is 34.0. The van der Waals surface area contributed by atoms with Crippen LogP contribution in [0.5, 0.6) is 0 Å². The van der Waals surface area contributed by atoms with E-state index in [1.165, 1.54) is 229 Å². The summed E-state index contributed by atoms with van der Waals surface area (Å²) in [6.07, 6.45) is 52.6. The topological polar surface area (TPSA) is 51.6 Å². The molecule has 10 heteroatoms. The summed E-state index contributed by atoms with van der Waals surface area (Å²) in [5.41, 5.74) is 7.41. The molecule has 5 aromatic rings. The number of rotatable bonds is 44. The predicted molar refractivity (Wildman–Crippen MR) is 342 cm³/mol. The third kappa shape index (κ3) is 15.9. The fraction of sp³-hybridized carbons (Fsp3) is 0.735. The van der Waals surface area contributed by atoms with Crippen LogP contribution in [-0.4, -0.2) is 17.5 Å². The fourth-order valence-electron chi connectivity index (χ4n) is 14.3. The Bertz CT molecular complexity index is 2330. The number of hydrogen-bond donors (Lipinski definition) is 0. The summed E-state index contributed by atoms with van der Waals surface area (Å²) in [7, 11) is 0. The van der Waals surface area contributed by atoms with Crippen molar-refractivity contribution in [2.24, 2.45) is 0 Å². The van der Waals surface area contributed by atoms with E-state index in [2.05, 4.69) is 71.7 Å². The van der Waals surface area contributed by atoms with Crippen LogP contribution in [0.15, 0.2) is 21.1 Å². The molecule has 78 heavy (non-hydrogen) atoms. The first-order valence-electron chi connectivity index (χ1n) is 32.8. The zero-order valence-corrected chi connectivity index (χ0v) is 54.2. The van der Waals surface area contributed by atoms with Crippen LogP contribution in [-0.2, 0) is 10.8 Å². The molecule has 0 bridgehead atoms. The van der Waals surface area contributed by atoms with Crippen molar-refractivity contribution >= 4 is 77.4 Å². The molecular formula is C68H102Br2F2N4S2. The molecule has 0 saturated heterocycles. The fourth-order valence-corrected chi connectivity index (χ4v) is 16.7. The number of aromatic nitrogens is 4. The van der Waals surface area contributed by atoms with Crippen LogP contribution in [0.3, 0.4) is 0 Å². The van der Waals surface area contributed by atoms with Crippen LogP contribution in [0.1, 0.15) is 332 Å². The van der Waals surface area contributed by atoms with Gasteiger partial charge in [0.15, 0.2) is 0 Å². The van der Waals surface area contributed by atoms with Crippen LogP contribution in [0, 0.1) is 11.6 Å². The minimum Gasteiger partial charge on any atom is -0.206 e. The van der Waals surface area contributed by atoms with Gasteiger partial charge in [-0.25, -0.2) is 8.78 Å². The lowest BCUT2D eigenvalue weighted by Crippen LogP contribution is -2.29. The smallest absolute Gasteiger partial charge is 0.136 e. The molecule has 0 fully saturated rings. The lowest BCUT2D eigenvalue weighted by molar-refractivity contribution is 0.374. The second-order valence-corrected chi connectivity index (χ2v) is 27.3. The van der Waals surface area contributed by atoms with Crippen molar-refractivity contribution in [1.82, 2.24) is 17.5 Å². The number of benzene rings is 3. The Morgan fingerprint density at radius 3 is 0.782 bits per heavy atom. The van der Waals surface area contributed by atoms with Gasteiger partial charge in [-0.15, -0.1) is 0 Å². The predicted octanol–water partition coefficient (Wildman–Crippen LogP) is 25.3. The largest absolute Gasteiger partial charge is 0.206 e. The summed E-state index contributed by atoms with van der Waals surface area (Å²) < 4.78 is 60.9. The number of nitrogens with zero attached hydrogens (tertiary/aromatic N) is 4. The first-order chi connectivity index (χ1) is 38.3. The Morgan fingerprint density at radius 1 is 0.321 bits per heavy atom. The molecule has 3 aromatic carbocycles. The van der Waals surface area contributed by atoms with Gasteiger partial charge in [-0.1, -0.05) is 285 Å². The highest BCUT2D eigenvalue weighted by Crippen LogP contribution is 2.65. The number of halogens is 4. The molecule has 2 heterocycles. The van der Waals surface area contributed by atoms with Crippen LogP contribution >= 0.6 is 55.3 Å². The van der Waals surface area contributed by atoms with E-state index in [-0.39, 0.29) is 11.6 Å². The van der Waals surface area contributed by atoms with Crippen molar-refractivity contribution in [2.75, 3.05) is 0 Å². The zero-order valence-electron chi connectivity index (χ0n) is 49.4. The molecule has 0 radical (unpaired) electrons. The van der Waals surface area contributed by atoms with E-state index in [1.807, 2.05) is 0 Å². The maximum atomic E-state index is 19.7. The van der Waals surface area contributed by atoms with Gasteiger partial charge in [-0.05, 0) is 80.8 Å². The van der Waals surface area contributed by atoms with Crippen molar-refractivity contribution in [2.45, 2.75) is 321 Å². The van der Waals surface area contributed by atoms with Crippen LogP contribution in [0.25, 0.3) is 44.3 Å². The van der Waals surface area contributed by atoms with Gasteiger partial charge in [0.1, 0.15) is 33.7 Å². The molecule has 2 aromatic heterocycles. The Kier molecular flexibility index (Phi) is 27.8. The lowest BCUT2D eigenvalue weighted by Gasteiger charge is -2.35. The van der Waals surface area contributed by atoms with Crippen molar-refractivity contribution in [3.63, 3.8) is 0 Å². The van der Waals surface area contributed by atoms with Crippen molar-refractivity contribution in [3.05, 3.63) is 55.0 Å². The molecular weight excluding hydrogens is 1130 g/mol.